The van der Waals surface area contributed by atoms with E-state index in [0.717, 1.165) is 0 Å². The van der Waals surface area contributed by atoms with Gasteiger partial charge in [0, 0.05) is 10.7 Å². The molecule has 0 spiro atoms. The average molecular weight is 333 g/mol. The van der Waals surface area contributed by atoms with Gasteiger partial charge in [0.15, 0.2) is 0 Å². The third kappa shape index (κ3) is 3.18. The van der Waals surface area contributed by atoms with Gasteiger partial charge in [-0.2, -0.15) is 8.42 Å². The summed E-state index contributed by atoms with van der Waals surface area (Å²) in [5, 5.41) is 14.6. The molecule has 0 radical (unpaired) electrons. The summed E-state index contributed by atoms with van der Waals surface area (Å²) in [6.07, 6.45) is 0. The molecule has 1 aromatic carbocycles. The predicted molar refractivity (Wildman–Crippen MR) is 76.1 cm³/mol. The molecule has 2 atom stereocenters. The van der Waals surface area contributed by atoms with E-state index in [1.807, 2.05) is 0 Å². The first kappa shape index (κ1) is 15.8. The fraction of sp³-hybridized carbons (Fsp3) is 0.250. The maximum absolute atomic E-state index is 11.4. The number of carbonyl (C=O) groups is 1. The van der Waals surface area contributed by atoms with Crippen LogP contribution in [0.4, 0.5) is 0 Å². The number of allylic oxidation sites excluding steroid dienone is 1. The Morgan fingerprint density at radius 2 is 1.95 bits per heavy atom. The van der Waals surface area contributed by atoms with E-state index in [4.69, 9.17) is 16.2 Å². The second-order valence-corrected chi connectivity index (χ2v) is 6.41. The van der Waals surface area contributed by atoms with E-state index in [1.54, 1.807) is 24.3 Å². The number of carboxylic acid groups (broad SMARTS) is 1. The zero-order valence-electron chi connectivity index (χ0n) is 10.9. The maximum Gasteiger partial charge on any atom is 0.335 e. The normalized spacial score (nSPS) is 22.8. The number of benzene rings is 1. The molecule has 4 N–H and O–H groups in total. The van der Waals surface area contributed by atoms with Crippen molar-refractivity contribution in [2.75, 3.05) is 0 Å². The van der Waals surface area contributed by atoms with Crippen molar-refractivity contribution in [2.45, 2.75) is 18.5 Å². The number of carboxylic acids is 1. The summed E-state index contributed by atoms with van der Waals surface area (Å²) in [7, 11) is -4.45. The van der Waals surface area contributed by atoms with E-state index in [9.17, 15) is 18.3 Å². The molecule has 2 unspecified atom stereocenters. The van der Waals surface area contributed by atoms with Crippen LogP contribution in [0.15, 0.2) is 35.5 Å². The van der Waals surface area contributed by atoms with Crippen LogP contribution in [0.3, 0.4) is 0 Å². The molecular formula is C12H13ClN2O5S. The van der Waals surface area contributed by atoms with Gasteiger partial charge in [0.05, 0.1) is 11.6 Å². The summed E-state index contributed by atoms with van der Waals surface area (Å²) < 4.78 is 31.8. The third-order valence-corrected chi connectivity index (χ3v) is 4.30. The van der Waals surface area contributed by atoms with Gasteiger partial charge in [-0.05, 0) is 18.6 Å². The zero-order valence-corrected chi connectivity index (χ0v) is 12.4. The van der Waals surface area contributed by atoms with E-state index >= 15 is 0 Å². The Balaban J connectivity index is 2.57. The van der Waals surface area contributed by atoms with Crippen LogP contribution in [0, 0.1) is 0 Å². The van der Waals surface area contributed by atoms with Crippen molar-refractivity contribution in [2.24, 2.45) is 0 Å². The van der Waals surface area contributed by atoms with E-state index in [1.165, 1.54) is 6.92 Å². The van der Waals surface area contributed by atoms with Crippen molar-refractivity contribution < 1.29 is 22.9 Å². The molecule has 1 heterocycles. The number of rotatable bonds is 3. The zero-order chi connectivity index (χ0) is 15.8. The summed E-state index contributed by atoms with van der Waals surface area (Å²) in [5.41, 5.74) is -1.04. The van der Waals surface area contributed by atoms with Crippen LogP contribution in [-0.2, 0) is 14.9 Å². The van der Waals surface area contributed by atoms with Gasteiger partial charge in [-0.25, -0.2) is 4.79 Å². The van der Waals surface area contributed by atoms with Crippen LogP contribution in [-0.4, -0.2) is 29.5 Å². The number of nitrogens with one attached hydrogen (secondary N) is 2. The quantitative estimate of drug-likeness (QED) is 0.612. The number of hydrogen-bond donors (Lipinski definition) is 4. The Kier molecular flexibility index (Phi) is 4.24. The Morgan fingerprint density at radius 3 is 2.48 bits per heavy atom. The van der Waals surface area contributed by atoms with Crippen LogP contribution in [0.1, 0.15) is 18.5 Å². The van der Waals surface area contributed by atoms with Crippen LogP contribution in [0.5, 0.6) is 0 Å². The van der Waals surface area contributed by atoms with Crippen LogP contribution in [0.25, 0.3) is 0 Å². The Bertz CT molecular complexity index is 716. The molecule has 0 fully saturated rings. The smallest absolute Gasteiger partial charge is 0.335 e. The minimum Gasteiger partial charge on any atom is -0.478 e. The van der Waals surface area contributed by atoms with Crippen LogP contribution >= 0.6 is 11.6 Å². The number of halogens is 1. The lowest BCUT2D eigenvalue weighted by atomic mass is 9.96. The summed E-state index contributed by atoms with van der Waals surface area (Å²) >= 11 is 6.05. The van der Waals surface area contributed by atoms with Crippen molar-refractivity contribution >= 4 is 27.7 Å². The van der Waals surface area contributed by atoms with Gasteiger partial charge >= 0.3 is 5.97 Å². The van der Waals surface area contributed by atoms with Gasteiger partial charge in [-0.1, -0.05) is 29.8 Å². The van der Waals surface area contributed by atoms with Crippen molar-refractivity contribution in [3.05, 3.63) is 46.1 Å². The molecular weight excluding hydrogens is 320 g/mol. The molecule has 7 nitrogen and oxygen atoms in total. The van der Waals surface area contributed by atoms with Crippen molar-refractivity contribution in [3.8, 4) is 0 Å². The Hall–Kier alpha value is -1.61. The maximum atomic E-state index is 11.4. The van der Waals surface area contributed by atoms with Gasteiger partial charge in [0.1, 0.15) is 0 Å². The Labute approximate surface area is 126 Å². The molecule has 0 aromatic heterocycles. The monoisotopic (exact) mass is 332 g/mol. The molecule has 0 saturated heterocycles. The van der Waals surface area contributed by atoms with Crippen LogP contribution < -0.4 is 10.6 Å². The molecule has 9 heteroatoms. The summed E-state index contributed by atoms with van der Waals surface area (Å²) in [6.45, 7) is 1.42. The van der Waals surface area contributed by atoms with E-state index in [0.29, 0.717) is 5.56 Å². The molecule has 21 heavy (non-hydrogen) atoms. The lowest BCUT2D eigenvalue weighted by molar-refractivity contribution is -0.133. The first-order valence-electron chi connectivity index (χ1n) is 5.89. The Morgan fingerprint density at radius 1 is 1.33 bits per heavy atom. The molecule has 1 aliphatic rings. The summed E-state index contributed by atoms with van der Waals surface area (Å²) in [6, 6.07) is 5.51. The third-order valence-electron chi connectivity index (χ3n) is 3.10. The standard InChI is InChI=1S/C12H13ClN2O5S/c1-6-9(11(16)17)10(7-4-2-3-5-8(7)13)15-12(14-6)21(18,19)20/h2-5,10,12,14-15H,1H3,(H,16,17)(H,18,19,20). The second-order valence-electron chi connectivity index (χ2n) is 4.50. The van der Waals surface area contributed by atoms with Gasteiger partial charge < -0.3 is 10.4 Å². The number of aliphatic carboxylic acids is 1. The lowest BCUT2D eigenvalue weighted by Crippen LogP contribution is -2.53. The molecule has 0 amide bonds. The van der Waals surface area contributed by atoms with Crippen molar-refractivity contribution in [1.82, 2.24) is 10.6 Å². The molecule has 114 valence electrons. The molecule has 1 aliphatic heterocycles. The van der Waals surface area contributed by atoms with Gasteiger partial charge in [0.2, 0.25) is 5.50 Å². The SMILES string of the molecule is CC1=C(C(=O)O)C(c2ccccc2Cl)NC(S(=O)(=O)O)N1. The highest BCUT2D eigenvalue weighted by Crippen LogP contribution is 2.32. The minimum atomic E-state index is -4.45. The van der Waals surface area contributed by atoms with Crippen molar-refractivity contribution in [3.63, 3.8) is 0 Å². The highest BCUT2D eigenvalue weighted by atomic mass is 35.5. The summed E-state index contributed by atoms with van der Waals surface area (Å²) in [4.78, 5) is 11.4. The van der Waals surface area contributed by atoms with Crippen LogP contribution in [0.2, 0.25) is 5.02 Å². The topological polar surface area (TPSA) is 116 Å². The first-order chi connectivity index (χ1) is 9.71. The predicted octanol–water partition coefficient (Wildman–Crippen LogP) is 1.10. The van der Waals surface area contributed by atoms with E-state index in [-0.39, 0.29) is 16.3 Å². The molecule has 1 aromatic rings. The highest BCUT2D eigenvalue weighted by Gasteiger charge is 2.37. The molecule has 0 aliphatic carbocycles. The fourth-order valence-electron chi connectivity index (χ4n) is 2.17. The average Bonchev–Trinajstić information content (AvgIpc) is 2.36. The van der Waals surface area contributed by atoms with Crippen molar-refractivity contribution in [1.29, 1.82) is 0 Å². The molecule has 0 saturated carbocycles. The van der Waals surface area contributed by atoms with E-state index in [2.05, 4.69) is 10.6 Å². The van der Waals surface area contributed by atoms with Gasteiger partial charge in [-0.15, -0.1) is 0 Å². The van der Waals surface area contributed by atoms with Gasteiger partial charge in [-0.3, -0.25) is 9.87 Å². The molecule has 0 bridgehead atoms. The second kappa shape index (κ2) is 5.64. The van der Waals surface area contributed by atoms with Gasteiger partial charge in [0.25, 0.3) is 10.1 Å². The molecule has 2 rings (SSSR count). The largest absolute Gasteiger partial charge is 0.478 e. The lowest BCUT2D eigenvalue weighted by Gasteiger charge is -2.33. The number of hydrogen-bond acceptors (Lipinski definition) is 5. The fourth-order valence-corrected chi connectivity index (χ4v) is 3.04. The first-order valence-corrected chi connectivity index (χ1v) is 7.77. The highest BCUT2D eigenvalue weighted by molar-refractivity contribution is 7.86. The summed E-state index contributed by atoms with van der Waals surface area (Å²) in [5.74, 6) is -1.22. The van der Waals surface area contributed by atoms with E-state index < -0.39 is 27.6 Å². The minimum absolute atomic E-state index is 0.0667.